The summed E-state index contributed by atoms with van der Waals surface area (Å²) in [5.74, 6) is 6.11. The molecule has 216 valence electrons. The van der Waals surface area contributed by atoms with Crippen molar-refractivity contribution < 1.29 is 28.4 Å². The molecule has 4 aromatic rings. The Morgan fingerprint density at radius 2 is 0.738 bits per heavy atom. The molecule has 1 aromatic heterocycles. The van der Waals surface area contributed by atoms with E-state index in [2.05, 4.69) is 30.9 Å². The maximum absolute atomic E-state index is 5.50. The topological polar surface area (TPSA) is 130 Å². The number of benzene rings is 3. The highest BCUT2D eigenvalue weighted by Gasteiger charge is 2.16. The molecular formula is C30H30N6O6. The molecule has 0 saturated carbocycles. The number of rotatable bonds is 12. The van der Waals surface area contributed by atoms with Gasteiger partial charge in [0, 0.05) is 19.6 Å². The summed E-state index contributed by atoms with van der Waals surface area (Å²) in [5, 5.41) is 10.0. The Labute approximate surface area is 242 Å². The lowest BCUT2D eigenvalue weighted by Gasteiger charge is -2.12. The molecule has 0 aliphatic carbocycles. The van der Waals surface area contributed by atoms with E-state index >= 15 is 0 Å². The number of fused-ring (bicyclic) bond motifs is 3. The Hall–Kier alpha value is -5.13. The fourth-order valence-electron chi connectivity index (χ4n) is 4.86. The number of anilines is 3. The van der Waals surface area contributed by atoms with Gasteiger partial charge in [-0.3, -0.25) is 0 Å². The maximum atomic E-state index is 5.50. The second kappa shape index (κ2) is 11.8. The quantitative estimate of drug-likeness (QED) is 0.227. The van der Waals surface area contributed by atoms with E-state index in [1.54, 1.807) is 0 Å². The summed E-state index contributed by atoms with van der Waals surface area (Å²) in [6.45, 7) is 2.69. The summed E-state index contributed by atoms with van der Waals surface area (Å²) in [4.78, 5) is 13.8. The Balaban J connectivity index is 0.991. The second-order valence-corrected chi connectivity index (χ2v) is 9.90. The van der Waals surface area contributed by atoms with Gasteiger partial charge in [-0.1, -0.05) is 18.2 Å². The average Bonchev–Trinajstić information content (AvgIpc) is 3.77. The molecule has 12 heteroatoms. The van der Waals surface area contributed by atoms with Gasteiger partial charge in [0.2, 0.25) is 38.2 Å². The lowest BCUT2D eigenvalue weighted by molar-refractivity contribution is 0.173. The van der Waals surface area contributed by atoms with Gasteiger partial charge in [-0.05, 0) is 72.4 Å². The zero-order valence-electron chi connectivity index (χ0n) is 22.9. The lowest BCUT2D eigenvalue weighted by atomic mass is 10.1. The molecule has 0 saturated heterocycles. The van der Waals surface area contributed by atoms with Gasteiger partial charge >= 0.3 is 0 Å². The molecule has 0 unspecified atom stereocenters. The summed E-state index contributed by atoms with van der Waals surface area (Å²) in [5.41, 5.74) is 3.39. The predicted octanol–water partition coefficient (Wildman–Crippen LogP) is 4.02. The highest BCUT2D eigenvalue weighted by Crippen LogP contribution is 2.34. The first-order valence-electron chi connectivity index (χ1n) is 13.9. The highest BCUT2D eigenvalue weighted by atomic mass is 16.7. The van der Waals surface area contributed by atoms with E-state index in [0.29, 0.717) is 37.5 Å². The summed E-state index contributed by atoms with van der Waals surface area (Å²) in [6, 6.07) is 17.9. The van der Waals surface area contributed by atoms with Crippen LogP contribution in [0.1, 0.15) is 16.7 Å². The number of nitrogens with zero attached hydrogens (tertiary/aromatic N) is 3. The molecule has 0 fully saturated rings. The van der Waals surface area contributed by atoms with Crippen molar-refractivity contribution >= 4 is 17.8 Å². The van der Waals surface area contributed by atoms with Crippen molar-refractivity contribution in [1.82, 2.24) is 15.0 Å². The summed E-state index contributed by atoms with van der Waals surface area (Å²) in [6.07, 6.45) is 2.30. The van der Waals surface area contributed by atoms with Crippen molar-refractivity contribution in [3.63, 3.8) is 0 Å². The molecule has 3 aliphatic rings. The Bertz CT molecular complexity index is 1390. The average molecular weight is 571 g/mol. The Morgan fingerprint density at radius 1 is 0.429 bits per heavy atom. The number of aromatic nitrogens is 3. The lowest BCUT2D eigenvalue weighted by Crippen LogP contribution is -2.16. The SMILES string of the molecule is c1cc2c(cc1CCNc1nc(NCCc3ccc4c(c3)OCO4)nc(NCCc3ccc4c(c3)OCO4)n1)OCO2. The van der Waals surface area contributed by atoms with Crippen LogP contribution in [0.4, 0.5) is 17.8 Å². The largest absolute Gasteiger partial charge is 0.454 e. The number of hydrogen-bond donors (Lipinski definition) is 3. The standard InChI is InChI=1S/C30H30N6O6/c1-4-22-25(40-16-37-22)13-19(1)7-10-31-28-34-29(32-11-8-20-2-5-23-26(14-20)41-17-38-23)36-30(35-28)33-12-9-21-3-6-24-27(15-21)42-18-39-24/h1-6,13-15H,7-12,16-18H2,(H3,31,32,33,34,35,36). The fraction of sp³-hybridized carbons (Fsp3) is 0.300. The van der Waals surface area contributed by atoms with E-state index in [1.165, 1.54) is 0 Å². The first-order chi connectivity index (χ1) is 20.7. The van der Waals surface area contributed by atoms with Crippen LogP contribution in [0.5, 0.6) is 34.5 Å². The number of nitrogens with one attached hydrogen (secondary N) is 3. The summed E-state index contributed by atoms with van der Waals surface area (Å²) in [7, 11) is 0. The molecule has 3 aromatic carbocycles. The van der Waals surface area contributed by atoms with Gasteiger partial charge in [0.15, 0.2) is 34.5 Å². The molecule has 3 N–H and O–H groups in total. The van der Waals surface area contributed by atoms with Crippen molar-refractivity contribution in [2.24, 2.45) is 0 Å². The molecule has 0 spiro atoms. The molecule has 4 heterocycles. The van der Waals surface area contributed by atoms with Crippen LogP contribution in [-0.2, 0) is 19.3 Å². The first kappa shape index (κ1) is 25.8. The fourth-order valence-corrected chi connectivity index (χ4v) is 4.86. The molecule has 0 bridgehead atoms. The minimum Gasteiger partial charge on any atom is -0.454 e. The van der Waals surface area contributed by atoms with Crippen LogP contribution in [0.2, 0.25) is 0 Å². The maximum Gasteiger partial charge on any atom is 0.231 e. The van der Waals surface area contributed by atoms with Crippen molar-refractivity contribution in [3.05, 3.63) is 71.3 Å². The zero-order chi connectivity index (χ0) is 28.1. The Morgan fingerprint density at radius 3 is 1.07 bits per heavy atom. The smallest absolute Gasteiger partial charge is 0.231 e. The third kappa shape index (κ3) is 5.97. The molecule has 0 radical (unpaired) electrons. The van der Waals surface area contributed by atoms with E-state index in [-0.39, 0.29) is 20.4 Å². The predicted molar refractivity (Wildman–Crippen MR) is 154 cm³/mol. The van der Waals surface area contributed by atoms with Crippen LogP contribution in [0.15, 0.2) is 54.6 Å². The number of hydrogen-bond acceptors (Lipinski definition) is 12. The molecule has 0 atom stereocenters. The van der Waals surface area contributed by atoms with E-state index < -0.39 is 0 Å². The Kier molecular flexibility index (Phi) is 7.23. The van der Waals surface area contributed by atoms with E-state index in [9.17, 15) is 0 Å². The third-order valence-corrected chi connectivity index (χ3v) is 7.04. The summed E-state index contributed by atoms with van der Waals surface area (Å²) >= 11 is 0. The number of ether oxygens (including phenoxy) is 6. The minimum absolute atomic E-state index is 0.261. The molecule has 7 rings (SSSR count). The van der Waals surface area contributed by atoms with Gasteiger partial charge in [0.05, 0.1) is 0 Å². The third-order valence-electron chi connectivity index (χ3n) is 7.04. The van der Waals surface area contributed by atoms with Gasteiger partial charge in [-0.25, -0.2) is 0 Å². The van der Waals surface area contributed by atoms with Crippen LogP contribution >= 0.6 is 0 Å². The van der Waals surface area contributed by atoms with Crippen LogP contribution in [0.25, 0.3) is 0 Å². The minimum atomic E-state index is 0.261. The van der Waals surface area contributed by atoms with Crippen LogP contribution < -0.4 is 44.4 Å². The van der Waals surface area contributed by atoms with Crippen molar-refractivity contribution in [1.29, 1.82) is 0 Å². The van der Waals surface area contributed by atoms with Gasteiger partial charge in [-0.2, -0.15) is 15.0 Å². The molecular weight excluding hydrogens is 540 g/mol. The van der Waals surface area contributed by atoms with Gasteiger partial charge < -0.3 is 44.4 Å². The summed E-state index contributed by atoms with van der Waals surface area (Å²) < 4.78 is 32.7. The van der Waals surface area contributed by atoms with Gasteiger partial charge in [0.1, 0.15) is 0 Å². The monoisotopic (exact) mass is 570 g/mol. The molecule has 3 aliphatic heterocycles. The van der Waals surface area contributed by atoms with Gasteiger partial charge in [0.25, 0.3) is 0 Å². The molecule has 12 nitrogen and oxygen atoms in total. The van der Waals surface area contributed by atoms with Crippen LogP contribution in [0.3, 0.4) is 0 Å². The van der Waals surface area contributed by atoms with Gasteiger partial charge in [-0.15, -0.1) is 0 Å². The molecule has 0 amide bonds. The van der Waals surface area contributed by atoms with Crippen molar-refractivity contribution in [2.45, 2.75) is 19.3 Å². The van der Waals surface area contributed by atoms with E-state index in [4.69, 9.17) is 28.4 Å². The van der Waals surface area contributed by atoms with Crippen LogP contribution in [-0.4, -0.2) is 55.0 Å². The zero-order valence-corrected chi connectivity index (χ0v) is 22.9. The van der Waals surface area contributed by atoms with E-state index in [0.717, 1.165) is 70.4 Å². The second-order valence-electron chi connectivity index (χ2n) is 9.90. The van der Waals surface area contributed by atoms with Crippen LogP contribution in [0, 0.1) is 0 Å². The first-order valence-corrected chi connectivity index (χ1v) is 13.9. The normalized spacial score (nSPS) is 13.7. The molecule has 42 heavy (non-hydrogen) atoms. The van der Waals surface area contributed by atoms with Crippen molar-refractivity contribution in [3.8, 4) is 34.5 Å². The van der Waals surface area contributed by atoms with Crippen molar-refractivity contribution in [2.75, 3.05) is 56.0 Å². The van der Waals surface area contributed by atoms with E-state index in [1.807, 2.05) is 54.6 Å². The highest BCUT2D eigenvalue weighted by molar-refractivity contribution is 5.47.